The van der Waals surface area contributed by atoms with Gasteiger partial charge in [0.2, 0.25) is 6.33 Å². The number of carbonyl (C=O) groups is 1. The molecule has 1 aromatic heterocycles. The number of aromatic amines is 1. The van der Waals surface area contributed by atoms with E-state index < -0.39 is 5.97 Å². The third-order valence-electron chi connectivity index (χ3n) is 2.33. The molecule has 4 heteroatoms. The van der Waals surface area contributed by atoms with Crippen LogP contribution in [0.25, 0.3) is 0 Å². The zero-order valence-electron chi connectivity index (χ0n) is 6.66. The molecule has 0 aliphatic carbocycles. The molecule has 2 N–H and O–H groups in total. The number of aryl methyl sites for hydroxylation is 1. The molecule has 2 rings (SSSR count). The van der Waals surface area contributed by atoms with Crippen LogP contribution in [0, 0.1) is 0 Å². The number of hydrogen-bond acceptors (Lipinski definition) is 1. The number of aromatic nitrogens is 2. The van der Waals surface area contributed by atoms with Crippen molar-refractivity contribution >= 4 is 5.97 Å². The van der Waals surface area contributed by atoms with E-state index in [4.69, 9.17) is 5.11 Å². The van der Waals surface area contributed by atoms with Gasteiger partial charge in [-0.2, -0.15) is 0 Å². The van der Waals surface area contributed by atoms with Crippen LogP contribution in [0.3, 0.4) is 0 Å². The third kappa shape index (κ3) is 0.995. The first-order chi connectivity index (χ1) is 5.79. The molecule has 0 fully saturated rings. The van der Waals surface area contributed by atoms with E-state index >= 15 is 0 Å². The molecule has 2 heterocycles. The van der Waals surface area contributed by atoms with Crippen molar-refractivity contribution in [3.8, 4) is 0 Å². The molecule has 0 saturated carbocycles. The number of aliphatic carboxylic acids is 1. The summed E-state index contributed by atoms with van der Waals surface area (Å²) in [5, 5.41) is 8.87. The highest BCUT2D eigenvalue weighted by Gasteiger charge is 2.30. The summed E-state index contributed by atoms with van der Waals surface area (Å²) in [6.45, 7) is 0. The van der Waals surface area contributed by atoms with Crippen LogP contribution < -0.4 is 4.57 Å². The van der Waals surface area contributed by atoms with Crippen molar-refractivity contribution in [2.75, 3.05) is 0 Å². The van der Waals surface area contributed by atoms with Gasteiger partial charge < -0.3 is 5.11 Å². The predicted octanol–water partition coefficient (Wildman–Crippen LogP) is 0.264. The lowest BCUT2D eigenvalue weighted by atomic mass is 10.0. The number of rotatable bonds is 1. The second-order valence-corrected chi connectivity index (χ2v) is 3.08. The fourth-order valence-corrected chi connectivity index (χ4v) is 1.72. The van der Waals surface area contributed by atoms with Crippen molar-refractivity contribution in [1.82, 2.24) is 4.98 Å². The Balaban J connectivity index is 2.37. The van der Waals surface area contributed by atoms with Crippen molar-refractivity contribution in [2.24, 2.45) is 0 Å². The maximum absolute atomic E-state index is 10.8. The van der Waals surface area contributed by atoms with Crippen LogP contribution in [0.4, 0.5) is 0 Å². The fourth-order valence-electron chi connectivity index (χ4n) is 1.72. The van der Waals surface area contributed by atoms with E-state index in [0.29, 0.717) is 0 Å². The van der Waals surface area contributed by atoms with Gasteiger partial charge >= 0.3 is 5.97 Å². The van der Waals surface area contributed by atoms with E-state index in [1.165, 1.54) is 0 Å². The molecule has 1 atom stereocenters. The van der Waals surface area contributed by atoms with Crippen LogP contribution in [0.2, 0.25) is 0 Å². The summed E-state index contributed by atoms with van der Waals surface area (Å²) >= 11 is 0. The van der Waals surface area contributed by atoms with Gasteiger partial charge in [0.05, 0.1) is 0 Å². The molecule has 0 saturated heterocycles. The molecule has 1 aliphatic heterocycles. The maximum atomic E-state index is 10.8. The van der Waals surface area contributed by atoms with E-state index in [9.17, 15) is 4.79 Å². The Hall–Kier alpha value is -1.32. The second kappa shape index (κ2) is 2.62. The Labute approximate surface area is 69.8 Å². The van der Waals surface area contributed by atoms with Gasteiger partial charge in [-0.1, -0.05) is 0 Å². The summed E-state index contributed by atoms with van der Waals surface area (Å²) in [7, 11) is 0. The fraction of sp³-hybridized carbons (Fsp3) is 0.500. The third-order valence-corrected chi connectivity index (χ3v) is 2.33. The minimum Gasteiger partial charge on any atom is -0.478 e. The van der Waals surface area contributed by atoms with Crippen molar-refractivity contribution in [3.05, 3.63) is 18.2 Å². The van der Waals surface area contributed by atoms with Crippen LogP contribution in [0.5, 0.6) is 0 Å². The van der Waals surface area contributed by atoms with E-state index in [0.717, 1.165) is 25.0 Å². The highest BCUT2D eigenvalue weighted by molar-refractivity contribution is 5.69. The lowest BCUT2D eigenvalue weighted by Crippen LogP contribution is -2.47. The summed E-state index contributed by atoms with van der Waals surface area (Å²) < 4.78 is 1.81. The zero-order valence-corrected chi connectivity index (χ0v) is 6.66. The topological polar surface area (TPSA) is 57.0 Å². The van der Waals surface area contributed by atoms with Crippen molar-refractivity contribution < 1.29 is 14.5 Å². The molecule has 0 aromatic carbocycles. The van der Waals surface area contributed by atoms with Crippen molar-refractivity contribution in [3.63, 3.8) is 0 Å². The van der Waals surface area contributed by atoms with Gasteiger partial charge in [0.25, 0.3) is 0 Å². The normalized spacial score (nSPS) is 21.8. The smallest absolute Gasteiger partial charge is 0.349 e. The second-order valence-electron chi connectivity index (χ2n) is 3.08. The number of carboxylic acid groups (broad SMARTS) is 1. The van der Waals surface area contributed by atoms with Crippen LogP contribution in [0.1, 0.15) is 24.6 Å². The Morgan fingerprint density at radius 2 is 2.58 bits per heavy atom. The number of hydrogen-bond donors (Lipinski definition) is 2. The highest BCUT2D eigenvalue weighted by atomic mass is 16.4. The summed E-state index contributed by atoms with van der Waals surface area (Å²) in [6.07, 6.45) is 6.29. The number of carboxylic acids is 1. The summed E-state index contributed by atoms with van der Waals surface area (Å²) in [4.78, 5) is 13.7. The summed E-state index contributed by atoms with van der Waals surface area (Å²) in [5.41, 5.74) is 1.09. The van der Waals surface area contributed by atoms with Crippen LogP contribution >= 0.6 is 0 Å². The van der Waals surface area contributed by atoms with Crippen molar-refractivity contribution in [1.29, 1.82) is 0 Å². The van der Waals surface area contributed by atoms with E-state index in [1.54, 1.807) is 6.33 Å². The van der Waals surface area contributed by atoms with Crippen LogP contribution in [-0.2, 0) is 11.2 Å². The largest absolute Gasteiger partial charge is 0.478 e. The zero-order chi connectivity index (χ0) is 8.55. The van der Waals surface area contributed by atoms with Crippen LogP contribution in [-0.4, -0.2) is 16.1 Å². The molecule has 0 spiro atoms. The number of nitrogens with zero attached hydrogens (tertiary/aromatic N) is 1. The van der Waals surface area contributed by atoms with E-state index in [-0.39, 0.29) is 6.04 Å². The van der Waals surface area contributed by atoms with Crippen molar-refractivity contribution in [2.45, 2.75) is 25.3 Å². The molecule has 0 unspecified atom stereocenters. The standard InChI is InChI=1S/C8H10N2O2/c11-8(12)7-3-1-2-6-4-9-5-10(6)7/h4-5,7H,1-3H2,(H,11,12)/p+1/t7-/m0/s1. The average molecular weight is 167 g/mol. The number of nitrogens with one attached hydrogen (secondary N) is 1. The summed E-state index contributed by atoms with van der Waals surface area (Å²) in [6, 6.07) is -0.361. The quantitative estimate of drug-likeness (QED) is 0.589. The molecule has 0 radical (unpaired) electrons. The Morgan fingerprint density at radius 1 is 1.75 bits per heavy atom. The molecule has 0 bridgehead atoms. The average Bonchev–Trinajstić information content (AvgIpc) is 2.49. The molecular formula is C8H11N2O2+. The first-order valence-electron chi connectivity index (χ1n) is 4.08. The minimum atomic E-state index is -0.736. The predicted molar refractivity (Wildman–Crippen MR) is 40.6 cm³/mol. The lowest BCUT2D eigenvalue weighted by molar-refractivity contribution is -0.721. The number of imidazole rings is 1. The monoisotopic (exact) mass is 167 g/mol. The highest BCUT2D eigenvalue weighted by Crippen LogP contribution is 2.16. The molecule has 1 aliphatic rings. The van der Waals surface area contributed by atoms with Gasteiger partial charge in [-0.3, -0.25) is 0 Å². The molecule has 0 amide bonds. The van der Waals surface area contributed by atoms with E-state index in [2.05, 4.69) is 4.98 Å². The van der Waals surface area contributed by atoms with Gasteiger partial charge in [-0.05, 0) is 12.8 Å². The van der Waals surface area contributed by atoms with Gasteiger partial charge in [0.15, 0.2) is 6.04 Å². The molecule has 1 aromatic rings. The number of H-pyrrole nitrogens is 1. The van der Waals surface area contributed by atoms with Gasteiger partial charge in [0, 0.05) is 6.42 Å². The Kier molecular flexibility index (Phi) is 1.60. The molecule has 12 heavy (non-hydrogen) atoms. The molecule has 64 valence electrons. The Morgan fingerprint density at radius 3 is 3.33 bits per heavy atom. The maximum Gasteiger partial charge on any atom is 0.349 e. The van der Waals surface area contributed by atoms with Gasteiger partial charge in [-0.25, -0.2) is 14.3 Å². The van der Waals surface area contributed by atoms with Gasteiger partial charge in [-0.15, -0.1) is 0 Å². The first kappa shape index (κ1) is 7.34. The minimum absolute atomic E-state index is 0.361. The lowest BCUT2D eigenvalue weighted by Gasteiger charge is -2.15. The van der Waals surface area contributed by atoms with Gasteiger partial charge in [0.1, 0.15) is 11.9 Å². The summed E-state index contributed by atoms with van der Waals surface area (Å²) in [5.74, 6) is -0.736. The van der Waals surface area contributed by atoms with E-state index in [1.807, 2.05) is 10.8 Å². The SMILES string of the molecule is O=C(O)[C@@H]1CCCc2c[nH]c[n+]21. The Bertz CT molecular complexity index is 306. The molecule has 4 nitrogen and oxygen atoms in total. The van der Waals surface area contributed by atoms with Crippen LogP contribution in [0.15, 0.2) is 12.5 Å². The first-order valence-corrected chi connectivity index (χ1v) is 4.08. The number of fused-ring (bicyclic) bond motifs is 1. The molecular weight excluding hydrogens is 156 g/mol.